The number of nitrogens with one attached hydrogen (secondary N) is 1. The molecule has 138 valence electrons. The summed E-state index contributed by atoms with van der Waals surface area (Å²) in [5.41, 5.74) is 1.33. The van der Waals surface area contributed by atoms with E-state index >= 15 is 0 Å². The highest BCUT2D eigenvalue weighted by Crippen LogP contribution is 2.45. The summed E-state index contributed by atoms with van der Waals surface area (Å²) in [4.78, 5) is 10.6. The highest BCUT2D eigenvalue weighted by atomic mass is 16.5. The second kappa shape index (κ2) is 9.35. The largest absolute Gasteiger partial charge is 0.481 e. The zero-order valence-corrected chi connectivity index (χ0v) is 15.0. The monoisotopic (exact) mass is 345 g/mol. The summed E-state index contributed by atoms with van der Waals surface area (Å²) in [5, 5.41) is 12.3. The number of ether oxygens (including phenoxy) is 1. The lowest BCUT2D eigenvalue weighted by atomic mass is 9.76. The number of carbonyl (C=O) groups is 1. The molecule has 0 radical (unpaired) electrons. The van der Waals surface area contributed by atoms with Gasteiger partial charge in [0.2, 0.25) is 0 Å². The molecule has 0 aliphatic carbocycles. The number of hydrogen-bond donors (Lipinski definition) is 2. The fourth-order valence-corrected chi connectivity index (χ4v) is 4.54. The smallest absolute Gasteiger partial charge is 0.303 e. The molecule has 4 heteroatoms. The van der Waals surface area contributed by atoms with Crippen molar-refractivity contribution in [1.29, 1.82) is 0 Å². The quantitative estimate of drug-likeness (QED) is 0.595. The molecule has 2 bridgehead atoms. The number of unbranched alkanes of at least 4 members (excludes halogenated alkanes) is 3. The number of carboxylic acid groups (broad SMARTS) is 1. The standard InChI is InChI=1S/C21H31NO3/c23-21(24)11-7-2-1-6-10-17-18(20-13-12-19(17)25-20)15-22-14-16-8-4-3-5-9-16/h3-5,8-9,17-20,22H,1-2,6-7,10-15H2,(H,23,24). The number of fused-ring (bicyclic) bond motifs is 2. The van der Waals surface area contributed by atoms with E-state index in [1.807, 2.05) is 0 Å². The Morgan fingerprint density at radius 2 is 1.76 bits per heavy atom. The molecule has 0 amide bonds. The molecule has 3 rings (SSSR count). The van der Waals surface area contributed by atoms with Crippen LogP contribution in [0.1, 0.15) is 56.9 Å². The maximum atomic E-state index is 10.6. The molecule has 1 aromatic carbocycles. The summed E-state index contributed by atoms with van der Waals surface area (Å²) < 4.78 is 6.19. The molecular weight excluding hydrogens is 314 g/mol. The molecule has 0 saturated carbocycles. The van der Waals surface area contributed by atoms with Gasteiger partial charge in [-0.05, 0) is 37.2 Å². The predicted molar refractivity (Wildman–Crippen MR) is 98.4 cm³/mol. The SMILES string of the molecule is O=C(O)CCCCCCC1C2CCC(O2)C1CNCc1ccccc1. The Bertz CT molecular complexity index is 533. The van der Waals surface area contributed by atoms with E-state index in [-0.39, 0.29) is 0 Å². The van der Waals surface area contributed by atoms with E-state index in [0.717, 1.165) is 32.4 Å². The van der Waals surface area contributed by atoms with Gasteiger partial charge in [-0.3, -0.25) is 4.79 Å². The molecule has 4 atom stereocenters. The van der Waals surface area contributed by atoms with Crippen LogP contribution in [-0.2, 0) is 16.1 Å². The molecule has 4 nitrogen and oxygen atoms in total. The Hall–Kier alpha value is -1.39. The summed E-state index contributed by atoms with van der Waals surface area (Å²) in [6, 6.07) is 10.6. The van der Waals surface area contributed by atoms with E-state index in [1.54, 1.807) is 0 Å². The van der Waals surface area contributed by atoms with Gasteiger partial charge in [-0.1, -0.05) is 49.6 Å². The summed E-state index contributed by atoms with van der Waals surface area (Å²) in [6.07, 6.45) is 9.08. The normalized spacial score (nSPS) is 27.7. The van der Waals surface area contributed by atoms with Crippen molar-refractivity contribution in [3.63, 3.8) is 0 Å². The zero-order valence-electron chi connectivity index (χ0n) is 15.0. The van der Waals surface area contributed by atoms with Crippen molar-refractivity contribution in [3.8, 4) is 0 Å². The molecule has 2 aliphatic heterocycles. The van der Waals surface area contributed by atoms with Crippen LogP contribution in [0.15, 0.2) is 30.3 Å². The van der Waals surface area contributed by atoms with Gasteiger partial charge >= 0.3 is 5.97 Å². The molecular formula is C21H31NO3. The Balaban J connectivity index is 1.38. The molecule has 1 aromatic rings. The summed E-state index contributed by atoms with van der Waals surface area (Å²) in [7, 11) is 0. The van der Waals surface area contributed by atoms with E-state index in [2.05, 4.69) is 35.6 Å². The van der Waals surface area contributed by atoms with Crippen LogP contribution in [0.25, 0.3) is 0 Å². The molecule has 2 fully saturated rings. The fourth-order valence-electron chi connectivity index (χ4n) is 4.54. The topological polar surface area (TPSA) is 58.6 Å². The van der Waals surface area contributed by atoms with Gasteiger partial charge in [-0.2, -0.15) is 0 Å². The number of rotatable bonds is 11. The number of aliphatic carboxylic acids is 1. The van der Waals surface area contributed by atoms with Crippen LogP contribution in [0.5, 0.6) is 0 Å². The summed E-state index contributed by atoms with van der Waals surface area (Å²) in [5.74, 6) is 0.647. The Morgan fingerprint density at radius 3 is 2.52 bits per heavy atom. The van der Waals surface area contributed by atoms with Crippen molar-refractivity contribution in [2.24, 2.45) is 11.8 Å². The first-order valence-corrected chi connectivity index (χ1v) is 9.86. The molecule has 2 N–H and O–H groups in total. The van der Waals surface area contributed by atoms with E-state index in [1.165, 1.54) is 31.2 Å². The number of carboxylic acids is 1. The Kier molecular flexibility index (Phi) is 6.88. The number of hydrogen-bond acceptors (Lipinski definition) is 3. The third-order valence-electron chi connectivity index (χ3n) is 5.82. The summed E-state index contributed by atoms with van der Waals surface area (Å²) in [6.45, 7) is 1.97. The molecule has 0 spiro atoms. The lowest BCUT2D eigenvalue weighted by Gasteiger charge is -2.28. The van der Waals surface area contributed by atoms with Gasteiger partial charge in [0.05, 0.1) is 12.2 Å². The van der Waals surface area contributed by atoms with Crippen molar-refractivity contribution in [2.75, 3.05) is 6.54 Å². The van der Waals surface area contributed by atoms with E-state index in [0.29, 0.717) is 30.5 Å². The van der Waals surface area contributed by atoms with Gasteiger partial charge in [0.1, 0.15) is 0 Å². The van der Waals surface area contributed by atoms with Crippen molar-refractivity contribution in [3.05, 3.63) is 35.9 Å². The summed E-state index contributed by atoms with van der Waals surface area (Å²) >= 11 is 0. The molecule has 2 saturated heterocycles. The molecule has 2 heterocycles. The highest BCUT2D eigenvalue weighted by Gasteiger charge is 2.47. The Labute approximate surface area is 151 Å². The van der Waals surface area contributed by atoms with Gasteiger partial charge in [-0.25, -0.2) is 0 Å². The van der Waals surface area contributed by atoms with Crippen LogP contribution in [0.2, 0.25) is 0 Å². The predicted octanol–water partition coefficient (Wildman–Crippen LogP) is 4.00. The zero-order chi connectivity index (χ0) is 17.5. The van der Waals surface area contributed by atoms with Crippen LogP contribution in [-0.4, -0.2) is 29.8 Å². The minimum absolute atomic E-state index is 0.309. The fraction of sp³-hybridized carbons (Fsp3) is 0.667. The second-order valence-corrected chi connectivity index (χ2v) is 7.58. The van der Waals surface area contributed by atoms with Gasteiger partial charge < -0.3 is 15.2 Å². The first-order chi connectivity index (χ1) is 12.2. The average molecular weight is 345 g/mol. The maximum Gasteiger partial charge on any atom is 0.303 e. The van der Waals surface area contributed by atoms with Gasteiger partial charge in [-0.15, -0.1) is 0 Å². The molecule has 2 aliphatic rings. The van der Waals surface area contributed by atoms with Crippen molar-refractivity contribution >= 4 is 5.97 Å². The Morgan fingerprint density at radius 1 is 1.04 bits per heavy atom. The first-order valence-electron chi connectivity index (χ1n) is 9.86. The molecule has 0 aromatic heterocycles. The third kappa shape index (κ3) is 5.29. The van der Waals surface area contributed by atoms with Crippen LogP contribution in [0.4, 0.5) is 0 Å². The second-order valence-electron chi connectivity index (χ2n) is 7.58. The van der Waals surface area contributed by atoms with E-state index in [4.69, 9.17) is 9.84 Å². The maximum absolute atomic E-state index is 10.6. The minimum Gasteiger partial charge on any atom is -0.481 e. The lowest BCUT2D eigenvalue weighted by molar-refractivity contribution is -0.137. The minimum atomic E-state index is -0.675. The third-order valence-corrected chi connectivity index (χ3v) is 5.82. The number of benzene rings is 1. The van der Waals surface area contributed by atoms with Crippen molar-refractivity contribution in [1.82, 2.24) is 5.32 Å². The van der Waals surface area contributed by atoms with Crippen LogP contribution >= 0.6 is 0 Å². The molecule has 4 unspecified atom stereocenters. The van der Waals surface area contributed by atoms with Crippen LogP contribution in [0.3, 0.4) is 0 Å². The highest BCUT2D eigenvalue weighted by molar-refractivity contribution is 5.66. The van der Waals surface area contributed by atoms with Gasteiger partial charge in [0.25, 0.3) is 0 Å². The molecule has 25 heavy (non-hydrogen) atoms. The van der Waals surface area contributed by atoms with Gasteiger partial charge in [0.15, 0.2) is 0 Å². The van der Waals surface area contributed by atoms with Crippen molar-refractivity contribution in [2.45, 2.75) is 70.1 Å². The van der Waals surface area contributed by atoms with E-state index < -0.39 is 5.97 Å². The van der Waals surface area contributed by atoms with Crippen molar-refractivity contribution < 1.29 is 14.6 Å². The van der Waals surface area contributed by atoms with Crippen LogP contribution in [0, 0.1) is 11.8 Å². The van der Waals surface area contributed by atoms with Crippen LogP contribution < -0.4 is 5.32 Å². The van der Waals surface area contributed by atoms with Gasteiger partial charge in [0, 0.05) is 25.4 Å². The first kappa shape index (κ1) is 18.4. The van der Waals surface area contributed by atoms with E-state index in [9.17, 15) is 4.79 Å². The lowest BCUT2D eigenvalue weighted by Crippen LogP contribution is -2.35. The average Bonchev–Trinajstić information content (AvgIpc) is 3.21.